The van der Waals surface area contributed by atoms with Gasteiger partial charge in [0.25, 0.3) is 5.91 Å². The molecule has 0 spiro atoms. The van der Waals surface area contributed by atoms with Crippen LogP contribution < -0.4 is 0 Å². The summed E-state index contributed by atoms with van der Waals surface area (Å²) in [6, 6.07) is 5.79. The van der Waals surface area contributed by atoms with E-state index in [0.717, 1.165) is 4.31 Å². The van der Waals surface area contributed by atoms with Gasteiger partial charge in [-0.2, -0.15) is 0 Å². The van der Waals surface area contributed by atoms with Gasteiger partial charge in [0.05, 0.1) is 18.4 Å². The van der Waals surface area contributed by atoms with Crippen molar-refractivity contribution in [3.63, 3.8) is 0 Å². The fourth-order valence-electron chi connectivity index (χ4n) is 2.13. The fourth-order valence-corrected chi connectivity index (χ4v) is 3.03. The molecule has 0 saturated carbocycles. The van der Waals surface area contributed by atoms with Crippen LogP contribution in [0.4, 0.5) is 0 Å². The molecule has 1 aromatic rings. The number of hydrogen-bond acceptors (Lipinski definition) is 6. The van der Waals surface area contributed by atoms with Gasteiger partial charge in [0, 0.05) is 39.3 Å². The average molecular weight is 385 g/mol. The van der Waals surface area contributed by atoms with Gasteiger partial charge in [-0.1, -0.05) is 0 Å². The lowest BCUT2D eigenvalue weighted by atomic mass is 10.2. The second kappa shape index (κ2) is 9.65. The lowest BCUT2D eigenvalue weighted by Crippen LogP contribution is -2.38. The molecule has 0 bridgehead atoms. The molecule has 1 rings (SSSR count). The number of carbonyl (C=O) groups excluding carboxylic acids is 2. The molecule has 0 fully saturated rings. The van der Waals surface area contributed by atoms with Crippen LogP contribution in [0, 0.1) is 0 Å². The first-order valence-electron chi connectivity index (χ1n) is 8.13. The number of amides is 1. The van der Waals surface area contributed by atoms with E-state index < -0.39 is 10.0 Å². The van der Waals surface area contributed by atoms with E-state index in [2.05, 4.69) is 4.74 Å². The minimum atomic E-state index is -3.55. The van der Waals surface area contributed by atoms with E-state index in [1.165, 1.54) is 45.5 Å². The molecule has 146 valence electrons. The van der Waals surface area contributed by atoms with Crippen LogP contribution in [0.3, 0.4) is 0 Å². The summed E-state index contributed by atoms with van der Waals surface area (Å²) in [7, 11) is 4.44. The standard InChI is InChI=1S/C17H27N3O5S/c1-18(2)12-13-20(11-10-16(21)25-5)17(22)14-6-8-15(9-7-14)26(23,24)19(3)4/h6-9H,10-13H2,1-5H3. The van der Waals surface area contributed by atoms with E-state index in [0.29, 0.717) is 18.7 Å². The number of benzene rings is 1. The smallest absolute Gasteiger partial charge is 0.307 e. The van der Waals surface area contributed by atoms with E-state index in [9.17, 15) is 18.0 Å². The van der Waals surface area contributed by atoms with E-state index in [4.69, 9.17) is 0 Å². The maximum atomic E-state index is 12.7. The molecule has 1 amide bonds. The van der Waals surface area contributed by atoms with Crippen LogP contribution in [0.5, 0.6) is 0 Å². The van der Waals surface area contributed by atoms with Crippen LogP contribution in [-0.4, -0.2) is 89.3 Å². The van der Waals surface area contributed by atoms with Crippen molar-refractivity contribution in [2.24, 2.45) is 0 Å². The maximum Gasteiger partial charge on any atom is 0.307 e. The Morgan fingerprint density at radius 2 is 1.54 bits per heavy atom. The fraction of sp³-hybridized carbons (Fsp3) is 0.529. The first-order chi connectivity index (χ1) is 12.1. The van der Waals surface area contributed by atoms with Crippen molar-refractivity contribution in [1.29, 1.82) is 0 Å². The van der Waals surface area contributed by atoms with Crippen LogP contribution in [0.2, 0.25) is 0 Å². The van der Waals surface area contributed by atoms with Crippen LogP contribution in [0.15, 0.2) is 29.2 Å². The zero-order chi connectivity index (χ0) is 19.9. The largest absolute Gasteiger partial charge is 0.469 e. The number of carbonyl (C=O) groups is 2. The van der Waals surface area contributed by atoms with Crippen molar-refractivity contribution in [3.8, 4) is 0 Å². The zero-order valence-corrected chi connectivity index (χ0v) is 16.7. The lowest BCUT2D eigenvalue weighted by molar-refractivity contribution is -0.140. The van der Waals surface area contributed by atoms with Crippen molar-refractivity contribution < 1.29 is 22.7 Å². The molecule has 26 heavy (non-hydrogen) atoms. The number of rotatable bonds is 9. The molecule has 0 saturated heterocycles. The summed E-state index contributed by atoms with van der Waals surface area (Å²) in [6.07, 6.45) is 0.1000. The minimum Gasteiger partial charge on any atom is -0.469 e. The number of nitrogens with zero attached hydrogens (tertiary/aromatic N) is 3. The van der Waals surface area contributed by atoms with Gasteiger partial charge in [-0.05, 0) is 38.4 Å². The molecule has 0 aromatic heterocycles. The first kappa shape index (κ1) is 22.1. The molecule has 0 heterocycles. The summed E-state index contributed by atoms with van der Waals surface area (Å²) < 4.78 is 30.0. The number of ether oxygens (including phenoxy) is 1. The number of methoxy groups -OCH3 is 1. The predicted octanol–water partition coefficient (Wildman–Crippen LogP) is 0.504. The Hall–Kier alpha value is -1.97. The Morgan fingerprint density at radius 1 is 0.962 bits per heavy atom. The highest BCUT2D eigenvalue weighted by Crippen LogP contribution is 2.15. The SMILES string of the molecule is COC(=O)CCN(CCN(C)C)C(=O)c1ccc(S(=O)(=O)N(C)C)cc1. The molecule has 0 aliphatic heterocycles. The molecule has 8 nitrogen and oxygen atoms in total. The third kappa shape index (κ3) is 6.08. The van der Waals surface area contributed by atoms with E-state index in [1.807, 2.05) is 19.0 Å². The van der Waals surface area contributed by atoms with Crippen molar-refractivity contribution in [2.45, 2.75) is 11.3 Å². The molecule has 0 N–H and O–H groups in total. The molecule has 0 radical (unpaired) electrons. The number of sulfonamides is 1. The molecule has 9 heteroatoms. The third-order valence-electron chi connectivity index (χ3n) is 3.80. The van der Waals surface area contributed by atoms with Crippen LogP contribution in [0.1, 0.15) is 16.8 Å². The second-order valence-corrected chi connectivity index (χ2v) is 8.39. The van der Waals surface area contributed by atoms with Gasteiger partial charge in [0.15, 0.2) is 0 Å². The van der Waals surface area contributed by atoms with Crippen molar-refractivity contribution in [1.82, 2.24) is 14.1 Å². The Balaban J connectivity index is 2.97. The molecule has 0 atom stereocenters. The zero-order valence-electron chi connectivity index (χ0n) is 15.9. The molecule has 0 unspecified atom stereocenters. The highest BCUT2D eigenvalue weighted by atomic mass is 32.2. The molecule has 0 aliphatic rings. The van der Waals surface area contributed by atoms with Gasteiger partial charge >= 0.3 is 5.97 Å². The predicted molar refractivity (Wildman–Crippen MR) is 98.4 cm³/mol. The van der Waals surface area contributed by atoms with E-state index in [1.54, 1.807) is 4.90 Å². The monoisotopic (exact) mass is 385 g/mol. The Kier molecular flexibility index (Phi) is 8.19. The summed E-state index contributed by atoms with van der Waals surface area (Å²) in [5, 5.41) is 0. The highest BCUT2D eigenvalue weighted by Gasteiger charge is 2.20. The Labute approximate surface area is 155 Å². The topological polar surface area (TPSA) is 87.2 Å². The summed E-state index contributed by atoms with van der Waals surface area (Å²) in [4.78, 5) is 27.8. The first-order valence-corrected chi connectivity index (χ1v) is 9.57. The van der Waals surface area contributed by atoms with Crippen molar-refractivity contribution in [3.05, 3.63) is 29.8 Å². The number of hydrogen-bond donors (Lipinski definition) is 0. The maximum absolute atomic E-state index is 12.7. The average Bonchev–Trinajstić information content (AvgIpc) is 2.60. The van der Waals surface area contributed by atoms with Gasteiger partial charge in [0.1, 0.15) is 0 Å². The quantitative estimate of drug-likeness (QED) is 0.576. The van der Waals surface area contributed by atoms with Gasteiger partial charge in [0.2, 0.25) is 10.0 Å². The Bertz CT molecular complexity index is 714. The van der Waals surface area contributed by atoms with E-state index >= 15 is 0 Å². The molecule has 1 aromatic carbocycles. The summed E-state index contributed by atoms with van der Waals surface area (Å²) in [5.74, 6) is -0.648. The number of esters is 1. The Morgan fingerprint density at radius 3 is 2.00 bits per heavy atom. The molecular formula is C17H27N3O5S. The minimum absolute atomic E-state index is 0.1000. The van der Waals surface area contributed by atoms with Gasteiger partial charge in [-0.15, -0.1) is 0 Å². The van der Waals surface area contributed by atoms with Crippen LogP contribution >= 0.6 is 0 Å². The second-order valence-electron chi connectivity index (χ2n) is 6.23. The van der Waals surface area contributed by atoms with Gasteiger partial charge in [-0.3, -0.25) is 9.59 Å². The van der Waals surface area contributed by atoms with E-state index in [-0.39, 0.29) is 29.7 Å². The summed E-state index contributed by atoms with van der Waals surface area (Å²) >= 11 is 0. The highest BCUT2D eigenvalue weighted by molar-refractivity contribution is 7.89. The van der Waals surface area contributed by atoms with Crippen LogP contribution in [-0.2, 0) is 19.6 Å². The number of likely N-dealkylation sites (N-methyl/N-ethyl adjacent to an activating group) is 1. The summed E-state index contributed by atoms with van der Waals surface area (Å²) in [6.45, 7) is 1.32. The normalized spacial score (nSPS) is 11.7. The van der Waals surface area contributed by atoms with Crippen LogP contribution in [0.25, 0.3) is 0 Å². The van der Waals surface area contributed by atoms with Crippen molar-refractivity contribution in [2.75, 3.05) is 54.9 Å². The third-order valence-corrected chi connectivity index (χ3v) is 5.63. The van der Waals surface area contributed by atoms with Gasteiger partial charge in [-0.25, -0.2) is 12.7 Å². The summed E-state index contributed by atoms with van der Waals surface area (Å²) in [5.41, 5.74) is 0.367. The van der Waals surface area contributed by atoms with Gasteiger partial charge < -0.3 is 14.5 Å². The lowest BCUT2D eigenvalue weighted by Gasteiger charge is -2.24. The van der Waals surface area contributed by atoms with Crippen molar-refractivity contribution >= 4 is 21.9 Å². The molecular weight excluding hydrogens is 358 g/mol. The molecule has 0 aliphatic carbocycles.